The first-order valence-electron chi connectivity index (χ1n) is 11.5. The van der Waals surface area contributed by atoms with E-state index in [1.807, 2.05) is 21.9 Å². The van der Waals surface area contributed by atoms with E-state index in [9.17, 15) is 4.79 Å². The van der Waals surface area contributed by atoms with Crippen molar-refractivity contribution >= 4 is 43.6 Å². The molecular formula is C24H26Br2N6O. The molecule has 1 aromatic carbocycles. The number of amides is 1. The smallest absolute Gasteiger partial charge is 0.231 e. The minimum atomic E-state index is -0.372. The van der Waals surface area contributed by atoms with Crippen LogP contribution in [-0.2, 0) is 16.9 Å². The molecule has 7 nitrogen and oxygen atoms in total. The van der Waals surface area contributed by atoms with E-state index in [2.05, 4.69) is 83.5 Å². The zero-order valence-electron chi connectivity index (χ0n) is 18.5. The maximum atomic E-state index is 13.8. The summed E-state index contributed by atoms with van der Waals surface area (Å²) in [6, 6.07) is 8.43. The van der Waals surface area contributed by atoms with Gasteiger partial charge in [-0.1, -0.05) is 29.8 Å². The highest BCUT2D eigenvalue weighted by molar-refractivity contribution is 9.10. The molecule has 2 aromatic heterocycles. The van der Waals surface area contributed by atoms with Crippen LogP contribution in [0.4, 0.5) is 5.82 Å². The zero-order valence-corrected chi connectivity index (χ0v) is 21.6. The predicted octanol–water partition coefficient (Wildman–Crippen LogP) is 5.29. The van der Waals surface area contributed by atoms with Gasteiger partial charge in [0.05, 0.1) is 22.0 Å². The molecule has 4 bridgehead atoms. The average Bonchev–Trinajstić information content (AvgIpc) is 3.35. The molecular weight excluding hydrogens is 548 g/mol. The molecule has 0 spiro atoms. The fraction of sp³-hybridized carbons (Fsp3) is 0.500. The average molecular weight is 574 g/mol. The first-order chi connectivity index (χ1) is 15.8. The van der Waals surface area contributed by atoms with Gasteiger partial charge in [-0.15, -0.1) is 5.10 Å². The normalized spacial score (nSPS) is 30.0. The van der Waals surface area contributed by atoms with Crippen LogP contribution in [0, 0.1) is 24.2 Å². The quantitative estimate of drug-likeness (QED) is 0.450. The number of benzene rings is 1. The Labute approximate surface area is 209 Å². The Balaban J connectivity index is 1.24. The predicted molar refractivity (Wildman–Crippen MR) is 132 cm³/mol. The Morgan fingerprint density at radius 1 is 1.12 bits per heavy atom. The summed E-state index contributed by atoms with van der Waals surface area (Å²) in [4.78, 5) is 18.1. The minimum Gasteiger partial charge on any atom is -0.308 e. The van der Waals surface area contributed by atoms with Gasteiger partial charge in [0.15, 0.2) is 5.82 Å². The van der Waals surface area contributed by atoms with Gasteiger partial charge in [0.2, 0.25) is 10.6 Å². The molecule has 0 saturated heterocycles. The number of nitrogens with zero attached hydrogens (tertiary/aromatic N) is 5. The highest BCUT2D eigenvalue weighted by Crippen LogP contribution is 2.64. The summed E-state index contributed by atoms with van der Waals surface area (Å²) in [7, 11) is 0. The number of carbonyl (C=O) groups is 1. The van der Waals surface area contributed by atoms with E-state index in [0.29, 0.717) is 28.9 Å². The third-order valence-corrected chi connectivity index (χ3v) is 8.82. The Morgan fingerprint density at radius 2 is 1.85 bits per heavy atom. The summed E-state index contributed by atoms with van der Waals surface area (Å²) in [5.74, 6) is 1.81. The molecule has 3 aromatic rings. The first kappa shape index (κ1) is 21.5. The highest BCUT2D eigenvalue weighted by Gasteiger charge is 2.61. The van der Waals surface area contributed by atoms with E-state index in [-0.39, 0.29) is 16.9 Å². The zero-order chi connectivity index (χ0) is 22.8. The molecule has 172 valence electrons. The molecule has 1 N–H and O–H groups in total. The summed E-state index contributed by atoms with van der Waals surface area (Å²) < 4.78 is 5.32. The Hall–Kier alpha value is -2.00. The molecule has 0 radical (unpaired) electrons. The van der Waals surface area contributed by atoms with Crippen molar-refractivity contribution in [2.45, 2.75) is 57.5 Å². The molecule has 4 aliphatic rings. The SMILES string of the molecule is Cc1ccc(Cn2cc(Br)c(NC(=O)C34CC5CC(C3)CC(n3cnc(Br)n3)(C5)C4)n2)cc1. The number of rotatable bonds is 5. The van der Waals surface area contributed by atoms with Crippen LogP contribution in [-0.4, -0.2) is 30.5 Å². The van der Waals surface area contributed by atoms with Gasteiger partial charge in [-0.3, -0.25) is 9.48 Å². The maximum absolute atomic E-state index is 13.8. The molecule has 7 rings (SSSR count). The Morgan fingerprint density at radius 3 is 2.52 bits per heavy atom. The summed E-state index contributed by atoms with van der Waals surface area (Å²) >= 11 is 7.00. The number of anilines is 1. The number of nitrogens with one attached hydrogen (secondary N) is 1. The van der Waals surface area contributed by atoms with Crippen molar-refractivity contribution < 1.29 is 4.79 Å². The minimum absolute atomic E-state index is 0.0986. The summed E-state index contributed by atoms with van der Waals surface area (Å²) in [5, 5.41) is 12.5. The van der Waals surface area contributed by atoms with E-state index in [4.69, 9.17) is 0 Å². The van der Waals surface area contributed by atoms with Gasteiger partial charge in [-0.05, 0) is 94.7 Å². The van der Waals surface area contributed by atoms with Crippen LogP contribution in [0.3, 0.4) is 0 Å². The number of hydrogen-bond acceptors (Lipinski definition) is 4. The van der Waals surface area contributed by atoms with Crippen molar-refractivity contribution in [3.05, 3.63) is 57.1 Å². The van der Waals surface area contributed by atoms with Crippen molar-refractivity contribution in [3.8, 4) is 0 Å². The molecule has 4 saturated carbocycles. The van der Waals surface area contributed by atoms with Crippen molar-refractivity contribution in [3.63, 3.8) is 0 Å². The molecule has 2 atom stereocenters. The van der Waals surface area contributed by atoms with Gasteiger partial charge >= 0.3 is 0 Å². The lowest BCUT2D eigenvalue weighted by Gasteiger charge is -2.60. The largest absolute Gasteiger partial charge is 0.308 e. The summed E-state index contributed by atoms with van der Waals surface area (Å²) in [6.07, 6.45) is 9.88. The number of halogens is 2. The van der Waals surface area contributed by atoms with Gasteiger partial charge in [0, 0.05) is 6.20 Å². The highest BCUT2D eigenvalue weighted by atomic mass is 79.9. The van der Waals surface area contributed by atoms with Gasteiger partial charge in [-0.25, -0.2) is 9.67 Å². The fourth-order valence-corrected chi connectivity index (χ4v) is 7.58. The van der Waals surface area contributed by atoms with Crippen LogP contribution >= 0.6 is 31.9 Å². The fourth-order valence-electron chi connectivity index (χ4n) is 6.90. The maximum Gasteiger partial charge on any atom is 0.231 e. The van der Waals surface area contributed by atoms with Crippen LogP contribution in [0.15, 0.2) is 46.0 Å². The van der Waals surface area contributed by atoms with Crippen LogP contribution in [0.5, 0.6) is 0 Å². The third kappa shape index (κ3) is 3.77. The molecule has 4 fully saturated rings. The Bertz CT molecular complexity index is 1200. The van der Waals surface area contributed by atoms with Crippen LogP contribution in [0.2, 0.25) is 0 Å². The van der Waals surface area contributed by atoms with Crippen molar-refractivity contribution in [1.29, 1.82) is 0 Å². The molecule has 0 aliphatic heterocycles. The second-order valence-electron chi connectivity index (χ2n) is 10.4. The van der Waals surface area contributed by atoms with E-state index >= 15 is 0 Å². The van der Waals surface area contributed by atoms with E-state index < -0.39 is 0 Å². The number of hydrogen-bond donors (Lipinski definition) is 1. The topological polar surface area (TPSA) is 77.6 Å². The molecule has 1 amide bonds. The lowest BCUT2D eigenvalue weighted by Crippen LogP contribution is -2.60. The van der Waals surface area contributed by atoms with E-state index in [1.165, 1.54) is 17.5 Å². The number of aromatic nitrogens is 5. The second-order valence-corrected chi connectivity index (χ2v) is 12.0. The van der Waals surface area contributed by atoms with Gasteiger partial charge in [-0.2, -0.15) is 5.10 Å². The number of aryl methyl sites for hydroxylation is 1. The first-order valence-corrected chi connectivity index (χ1v) is 13.1. The van der Waals surface area contributed by atoms with Crippen molar-refractivity contribution in [2.75, 3.05) is 5.32 Å². The van der Waals surface area contributed by atoms with Gasteiger partial charge in [0.25, 0.3) is 0 Å². The van der Waals surface area contributed by atoms with Crippen molar-refractivity contribution in [2.24, 2.45) is 17.3 Å². The second kappa shape index (κ2) is 7.77. The molecule has 2 unspecified atom stereocenters. The van der Waals surface area contributed by atoms with E-state index in [0.717, 1.165) is 36.6 Å². The third-order valence-electron chi connectivity index (χ3n) is 7.88. The summed E-state index contributed by atoms with van der Waals surface area (Å²) in [6.45, 7) is 2.74. The molecule has 2 heterocycles. The number of carbonyl (C=O) groups excluding carboxylic acids is 1. The van der Waals surface area contributed by atoms with Crippen LogP contribution in [0.1, 0.15) is 49.7 Å². The van der Waals surface area contributed by atoms with Gasteiger partial charge < -0.3 is 5.32 Å². The van der Waals surface area contributed by atoms with E-state index in [1.54, 1.807) is 0 Å². The molecule has 9 heteroatoms. The monoisotopic (exact) mass is 572 g/mol. The molecule has 33 heavy (non-hydrogen) atoms. The van der Waals surface area contributed by atoms with Crippen LogP contribution in [0.25, 0.3) is 0 Å². The Kier molecular flexibility index (Phi) is 5.07. The lowest BCUT2D eigenvalue weighted by atomic mass is 9.46. The van der Waals surface area contributed by atoms with Crippen LogP contribution < -0.4 is 5.32 Å². The lowest BCUT2D eigenvalue weighted by molar-refractivity contribution is -0.150. The summed E-state index contributed by atoms with van der Waals surface area (Å²) in [5.41, 5.74) is 1.93. The standard InChI is InChI=1S/C24H26Br2N6O/c1-15-2-4-16(5-3-15)11-31-12-19(25)20(29-31)28-21(33)23-7-17-6-18(8-23)10-24(9-17,13-23)32-14-27-22(26)30-32/h2-5,12,14,17-18H,6-11,13H2,1H3,(H,28,29,33). The van der Waals surface area contributed by atoms with Gasteiger partial charge in [0.1, 0.15) is 6.33 Å². The molecule has 4 aliphatic carbocycles. The van der Waals surface area contributed by atoms with Crippen molar-refractivity contribution in [1.82, 2.24) is 24.5 Å².